The van der Waals surface area contributed by atoms with E-state index in [0.29, 0.717) is 6.42 Å². The Bertz CT molecular complexity index is 220. The predicted molar refractivity (Wildman–Crippen MR) is 104 cm³/mol. The quantitative estimate of drug-likeness (QED) is 0.364. The molecular weight excluding hydrogens is 284 g/mol. The van der Waals surface area contributed by atoms with Crippen molar-refractivity contribution in [2.45, 2.75) is 110 Å². The van der Waals surface area contributed by atoms with E-state index in [4.69, 9.17) is 5.73 Å². The molecule has 0 fully saturated rings. The smallest absolute Gasteiger partial charge is 0.217 e. The standard InChI is InChI=1S/C18H37NO.C2H7N/c1-2-3-4-5-6-7-8-9-10-11-12-13-14-15-16-17-18(19)20;1-3-2/h2-17H2,1H3,(H2,19,20);3H,1-2H3. The van der Waals surface area contributed by atoms with Crippen LogP contribution in [0.1, 0.15) is 110 Å². The average Bonchev–Trinajstić information content (AvgIpc) is 2.51. The molecule has 23 heavy (non-hydrogen) atoms. The average molecular weight is 329 g/mol. The van der Waals surface area contributed by atoms with Gasteiger partial charge in [0.15, 0.2) is 0 Å². The number of hydrogen-bond acceptors (Lipinski definition) is 2. The largest absolute Gasteiger partial charge is 0.370 e. The Kier molecular flexibility index (Phi) is 25.4. The van der Waals surface area contributed by atoms with Gasteiger partial charge in [0.2, 0.25) is 5.91 Å². The summed E-state index contributed by atoms with van der Waals surface area (Å²) in [7, 11) is 3.75. The van der Waals surface area contributed by atoms with E-state index in [1.54, 1.807) is 0 Å². The first-order chi connectivity index (χ1) is 11.2. The van der Waals surface area contributed by atoms with Gasteiger partial charge in [0.25, 0.3) is 0 Å². The third kappa shape index (κ3) is 30.0. The second-order valence-corrected chi connectivity index (χ2v) is 6.67. The Hall–Kier alpha value is -0.570. The zero-order valence-corrected chi connectivity index (χ0v) is 16.3. The van der Waals surface area contributed by atoms with Gasteiger partial charge in [0.1, 0.15) is 0 Å². The van der Waals surface area contributed by atoms with Crippen LogP contribution in [0.5, 0.6) is 0 Å². The van der Waals surface area contributed by atoms with Gasteiger partial charge in [0, 0.05) is 6.42 Å². The number of carbonyl (C=O) groups is 1. The van der Waals surface area contributed by atoms with Gasteiger partial charge in [-0.05, 0) is 20.5 Å². The Labute approximate surface area is 146 Å². The van der Waals surface area contributed by atoms with Gasteiger partial charge in [0.05, 0.1) is 0 Å². The summed E-state index contributed by atoms with van der Waals surface area (Å²) in [5.41, 5.74) is 5.11. The molecule has 140 valence electrons. The molecule has 0 aliphatic heterocycles. The topological polar surface area (TPSA) is 55.1 Å². The van der Waals surface area contributed by atoms with Crippen molar-refractivity contribution in [2.24, 2.45) is 5.73 Å². The molecule has 1 amide bonds. The lowest BCUT2D eigenvalue weighted by Crippen LogP contribution is -2.09. The summed E-state index contributed by atoms with van der Waals surface area (Å²) >= 11 is 0. The summed E-state index contributed by atoms with van der Waals surface area (Å²) < 4.78 is 0. The minimum Gasteiger partial charge on any atom is -0.370 e. The maximum absolute atomic E-state index is 10.6. The van der Waals surface area contributed by atoms with Gasteiger partial charge < -0.3 is 11.1 Å². The first kappa shape index (κ1) is 24.7. The van der Waals surface area contributed by atoms with Crippen molar-refractivity contribution < 1.29 is 4.79 Å². The molecule has 3 N–H and O–H groups in total. The van der Waals surface area contributed by atoms with Crippen molar-refractivity contribution >= 4 is 5.91 Å². The third-order valence-corrected chi connectivity index (χ3v) is 4.03. The van der Waals surface area contributed by atoms with Crippen molar-refractivity contribution in [1.29, 1.82) is 0 Å². The van der Waals surface area contributed by atoms with Crippen LogP contribution in [0.15, 0.2) is 0 Å². The lowest BCUT2D eigenvalue weighted by Gasteiger charge is -2.03. The number of nitrogens with one attached hydrogen (secondary N) is 1. The Morgan fingerprint density at radius 3 is 1.17 bits per heavy atom. The molecule has 0 bridgehead atoms. The van der Waals surface area contributed by atoms with Crippen LogP contribution in [-0.2, 0) is 4.79 Å². The summed E-state index contributed by atoms with van der Waals surface area (Å²) in [5.74, 6) is -0.153. The number of nitrogens with two attached hydrogens (primary N) is 1. The Morgan fingerprint density at radius 1 is 0.652 bits per heavy atom. The SMILES string of the molecule is CCCCCCCCCCCCCCCCCC(N)=O.CNC. The Morgan fingerprint density at radius 2 is 0.913 bits per heavy atom. The van der Waals surface area contributed by atoms with E-state index < -0.39 is 0 Å². The molecule has 0 aliphatic carbocycles. The molecule has 0 atom stereocenters. The highest BCUT2D eigenvalue weighted by atomic mass is 16.1. The van der Waals surface area contributed by atoms with Crippen LogP contribution in [0.3, 0.4) is 0 Å². The molecule has 0 spiro atoms. The van der Waals surface area contributed by atoms with E-state index in [1.165, 1.54) is 89.9 Å². The number of amides is 1. The molecular formula is C20H44N2O. The summed E-state index contributed by atoms with van der Waals surface area (Å²) in [4.78, 5) is 10.6. The molecule has 0 saturated carbocycles. The number of hydrogen-bond donors (Lipinski definition) is 2. The highest BCUT2D eigenvalue weighted by Crippen LogP contribution is 2.13. The van der Waals surface area contributed by atoms with Gasteiger partial charge in [-0.2, -0.15) is 0 Å². The third-order valence-electron chi connectivity index (χ3n) is 4.03. The van der Waals surface area contributed by atoms with Crippen molar-refractivity contribution in [1.82, 2.24) is 5.32 Å². The van der Waals surface area contributed by atoms with Crippen LogP contribution >= 0.6 is 0 Å². The fourth-order valence-corrected chi connectivity index (χ4v) is 2.67. The number of rotatable bonds is 16. The van der Waals surface area contributed by atoms with Crippen molar-refractivity contribution in [3.8, 4) is 0 Å². The monoisotopic (exact) mass is 328 g/mol. The molecule has 0 aliphatic rings. The van der Waals surface area contributed by atoms with Crippen LogP contribution < -0.4 is 11.1 Å². The molecule has 0 heterocycles. The van der Waals surface area contributed by atoms with Crippen molar-refractivity contribution in [3.63, 3.8) is 0 Å². The van der Waals surface area contributed by atoms with Crippen LogP contribution in [-0.4, -0.2) is 20.0 Å². The zero-order chi connectivity index (χ0) is 17.6. The van der Waals surface area contributed by atoms with Crippen molar-refractivity contribution in [2.75, 3.05) is 14.1 Å². The van der Waals surface area contributed by atoms with Crippen LogP contribution in [0.25, 0.3) is 0 Å². The second-order valence-electron chi connectivity index (χ2n) is 6.67. The minimum atomic E-state index is -0.153. The maximum Gasteiger partial charge on any atom is 0.217 e. The number of primary amides is 1. The zero-order valence-electron chi connectivity index (χ0n) is 16.3. The maximum atomic E-state index is 10.6. The summed E-state index contributed by atoms with van der Waals surface area (Å²) in [6, 6.07) is 0. The lowest BCUT2D eigenvalue weighted by molar-refractivity contribution is -0.118. The molecule has 0 rings (SSSR count). The Balaban J connectivity index is 0. The molecule has 0 aromatic heterocycles. The fourth-order valence-electron chi connectivity index (χ4n) is 2.67. The highest BCUT2D eigenvalue weighted by molar-refractivity contribution is 5.73. The van der Waals surface area contributed by atoms with E-state index in [0.717, 1.165) is 6.42 Å². The molecule has 0 unspecified atom stereocenters. The van der Waals surface area contributed by atoms with Crippen LogP contribution in [0.2, 0.25) is 0 Å². The summed E-state index contributed by atoms with van der Waals surface area (Å²) in [6.07, 6.45) is 20.9. The van der Waals surface area contributed by atoms with Gasteiger partial charge >= 0.3 is 0 Å². The molecule has 0 aromatic rings. The molecule has 0 radical (unpaired) electrons. The fraction of sp³-hybridized carbons (Fsp3) is 0.950. The van der Waals surface area contributed by atoms with Crippen LogP contribution in [0, 0.1) is 0 Å². The predicted octanol–water partition coefficient (Wildman–Crippen LogP) is 5.57. The molecule has 0 saturated heterocycles. The molecule has 0 aromatic carbocycles. The van der Waals surface area contributed by atoms with Gasteiger partial charge in [-0.25, -0.2) is 0 Å². The van der Waals surface area contributed by atoms with E-state index in [-0.39, 0.29) is 5.91 Å². The molecule has 3 nitrogen and oxygen atoms in total. The van der Waals surface area contributed by atoms with Crippen molar-refractivity contribution in [3.05, 3.63) is 0 Å². The first-order valence-electron chi connectivity index (χ1n) is 10.1. The number of carbonyl (C=O) groups excluding carboxylic acids is 1. The summed E-state index contributed by atoms with van der Waals surface area (Å²) in [5, 5.41) is 2.75. The normalized spacial score (nSPS) is 10.2. The van der Waals surface area contributed by atoms with E-state index in [9.17, 15) is 4.79 Å². The number of unbranched alkanes of at least 4 members (excludes halogenated alkanes) is 14. The van der Waals surface area contributed by atoms with Gasteiger partial charge in [-0.1, -0.05) is 96.8 Å². The molecule has 3 heteroatoms. The first-order valence-corrected chi connectivity index (χ1v) is 10.1. The minimum absolute atomic E-state index is 0.153. The van der Waals surface area contributed by atoms with E-state index in [1.807, 2.05) is 14.1 Å². The van der Waals surface area contributed by atoms with Gasteiger partial charge in [-0.3, -0.25) is 4.79 Å². The van der Waals surface area contributed by atoms with E-state index in [2.05, 4.69) is 12.2 Å². The van der Waals surface area contributed by atoms with Gasteiger partial charge in [-0.15, -0.1) is 0 Å². The van der Waals surface area contributed by atoms with E-state index >= 15 is 0 Å². The summed E-state index contributed by atoms with van der Waals surface area (Å²) in [6.45, 7) is 2.28. The lowest BCUT2D eigenvalue weighted by atomic mass is 10.0. The van der Waals surface area contributed by atoms with Crippen LogP contribution in [0.4, 0.5) is 0 Å². The highest BCUT2D eigenvalue weighted by Gasteiger charge is 1.96. The second kappa shape index (κ2) is 23.7.